The zero-order chi connectivity index (χ0) is 22.3. The molecule has 2 aromatic heterocycles. The highest BCUT2D eigenvalue weighted by Crippen LogP contribution is 2.34. The summed E-state index contributed by atoms with van der Waals surface area (Å²) in [4.78, 5) is 21.4. The van der Waals surface area contributed by atoms with Gasteiger partial charge in [0.1, 0.15) is 17.4 Å². The maximum Gasteiger partial charge on any atom is 0.421 e. The van der Waals surface area contributed by atoms with E-state index >= 15 is 0 Å². The standard InChI is InChI=1S/C16H17B3F3N7O/c1-3-23-12-9(15(20,21)22)6-24-14(26-12)25-10-7-29(27-8(10)2)11-4-5-28(13(11)30)16(17,18)19/h6-7,11H,3-5H2,1-2H3,(H2,23,24,25,26). The van der Waals surface area contributed by atoms with Gasteiger partial charge in [-0.1, -0.05) is 5.24 Å². The molecule has 1 unspecified atom stereocenters. The lowest BCUT2D eigenvalue weighted by atomic mass is 9.48. The summed E-state index contributed by atoms with van der Waals surface area (Å²) >= 11 is 0. The van der Waals surface area contributed by atoms with Gasteiger partial charge in [-0.15, -0.1) is 0 Å². The molecule has 30 heavy (non-hydrogen) atoms. The van der Waals surface area contributed by atoms with Gasteiger partial charge in [0.2, 0.25) is 11.9 Å². The van der Waals surface area contributed by atoms with Crippen molar-refractivity contribution in [1.29, 1.82) is 0 Å². The number of carbonyl (C=O) groups is 1. The van der Waals surface area contributed by atoms with Crippen LogP contribution in [-0.4, -0.2) is 72.4 Å². The number of hydrogen-bond acceptors (Lipinski definition) is 6. The molecule has 1 amide bonds. The Morgan fingerprint density at radius 3 is 2.57 bits per heavy atom. The Morgan fingerprint density at radius 2 is 2.00 bits per heavy atom. The zero-order valence-corrected chi connectivity index (χ0v) is 16.4. The fourth-order valence-corrected chi connectivity index (χ4v) is 3.13. The van der Waals surface area contributed by atoms with Crippen LogP contribution in [0.3, 0.4) is 0 Å². The maximum atomic E-state index is 13.1. The van der Waals surface area contributed by atoms with Gasteiger partial charge in [0.15, 0.2) is 0 Å². The summed E-state index contributed by atoms with van der Waals surface area (Å²) < 4.78 is 40.8. The number of aromatic nitrogens is 4. The van der Waals surface area contributed by atoms with Crippen LogP contribution in [-0.2, 0) is 11.0 Å². The fourth-order valence-electron chi connectivity index (χ4n) is 3.13. The van der Waals surface area contributed by atoms with Crippen molar-refractivity contribution in [3.05, 3.63) is 23.7 Å². The van der Waals surface area contributed by atoms with Crippen LogP contribution in [0.2, 0.25) is 0 Å². The van der Waals surface area contributed by atoms with Crippen LogP contribution in [0, 0.1) is 6.92 Å². The highest BCUT2D eigenvalue weighted by atomic mass is 19.4. The molecule has 1 saturated heterocycles. The van der Waals surface area contributed by atoms with Crippen molar-refractivity contribution in [3.63, 3.8) is 0 Å². The molecule has 0 spiro atoms. The van der Waals surface area contributed by atoms with Crippen LogP contribution >= 0.6 is 0 Å². The first-order valence-corrected chi connectivity index (χ1v) is 9.10. The number of nitrogens with zero attached hydrogens (tertiary/aromatic N) is 5. The van der Waals surface area contributed by atoms with E-state index in [9.17, 15) is 18.0 Å². The van der Waals surface area contributed by atoms with Gasteiger partial charge in [-0.25, -0.2) is 4.98 Å². The number of amides is 1. The van der Waals surface area contributed by atoms with Gasteiger partial charge in [0, 0.05) is 25.5 Å². The van der Waals surface area contributed by atoms with Crippen molar-refractivity contribution in [2.75, 3.05) is 23.7 Å². The van der Waals surface area contributed by atoms with Crippen LogP contribution in [0.15, 0.2) is 12.4 Å². The molecule has 3 rings (SSSR count). The molecule has 1 atom stereocenters. The van der Waals surface area contributed by atoms with Gasteiger partial charge in [0.25, 0.3) is 0 Å². The summed E-state index contributed by atoms with van der Waals surface area (Å²) in [6.07, 6.45) is -1.95. The first-order chi connectivity index (χ1) is 13.9. The van der Waals surface area contributed by atoms with E-state index in [4.69, 9.17) is 23.5 Å². The third-order valence-electron chi connectivity index (χ3n) is 4.57. The number of carbonyl (C=O) groups excluding carboxylic acids is 1. The minimum absolute atomic E-state index is 0.0501. The lowest BCUT2D eigenvalue weighted by Crippen LogP contribution is -2.51. The maximum absolute atomic E-state index is 13.1. The van der Waals surface area contributed by atoms with Crippen LogP contribution < -0.4 is 10.6 Å². The third-order valence-corrected chi connectivity index (χ3v) is 4.57. The Bertz CT molecular complexity index is 945. The fraction of sp³-hybridized carbons (Fsp3) is 0.500. The van der Waals surface area contributed by atoms with Crippen molar-refractivity contribution in [2.45, 2.75) is 37.7 Å². The Morgan fingerprint density at radius 1 is 1.30 bits per heavy atom. The number of nitrogens with one attached hydrogen (secondary N) is 2. The summed E-state index contributed by atoms with van der Waals surface area (Å²) in [7, 11) is 16.8. The Labute approximate surface area is 175 Å². The summed E-state index contributed by atoms with van der Waals surface area (Å²) in [5.74, 6) is -0.762. The van der Waals surface area contributed by atoms with E-state index in [2.05, 4.69) is 25.7 Å². The second kappa shape index (κ2) is 7.88. The van der Waals surface area contributed by atoms with Crippen LogP contribution in [0.1, 0.15) is 30.6 Å². The van der Waals surface area contributed by atoms with E-state index in [0.717, 1.165) is 4.90 Å². The van der Waals surface area contributed by atoms with E-state index in [1.165, 1.54) is 4.68 Å². The zero-order valence-electron chi connectivity index (χ0n) is 16.4. The van der Waals surface area contributed by atoms with Gasteiger partial charge in [-0.2, -0.15) is 23.3 Å². The first kappa shape index (κ1) is 22.0. The van der Waals surface area contributed by atoms with E-state index in [-0.39, 0.29) is 30.8 Å². The lowest BCUT2D eigenvalue weighted by molar-refractivity contribution is -0.137. The van der Waals surface area contributed by atoms with E-state index < -0.39 is 23.0 Å². The van der Waals surface area contributed by atoms with Gasteiger partial charge in [0.05, 0.1) is 34.9 Å². The van der Waals surface area contributed by atoms with Crippen LogP contribution in [0.25, 0.3) is 0 Å². The Kier molecular flexibility index (Phi) is 5.79. The predicted molar refractivity (Wildman–Crippen MR) is 107 cm³/mol. The number of alkyl halides is 3. The summed E-state index contributed by atoms with van der Waals surface area (Å²) in [5, 5.41) is 7.95. The van der Waals surface area contributed by atoms with Crippen molar-refractivity contribution >= 4 is 46.9 Å². The number of halogens is 3. The smallest absolute Gasteiger partial charge is 0.370 e. The number of hydrogen-bond donors (Lipinski definition) is 2. The molecule has 1 aliphatic heterocycles. The Hall–Kier alpha value is -2.66. The predicted octanol–water partition coefficient (Wildman–Crippen LogP) is 1.07. The molecular weight excluding hydrogens is 396 g/mol. The molecule has 6 radical (unpaired) electrons. The number of aryl methyl sites for hydroxylation is 1. The minimum atomic E-state index is -4.59. The lowest BCUT2D eigenvalue weighted by Gasteiger charge is -2.33. The molecule has 0 aliphatic carbocycles. The molecule has 0 bridgehead atoms. The molecule has 8 nitrogen and oxygen atoms in total. The van der Waals surface area contributed by atoms with Gasteiger partial charge in [-0.3, -0.25) is 9.48 Å². The average Bonchev–Trinajstić information content (AvgIpc) is 3.17. The molecule has 1 aliphatic rings. The normalized spacial score (nSPS) is 17.4. The highest BCUT2D eigenvalue weighted by molar-refractivity contribution is 6.59. The van der Waals surface area contributed by atoms with E-state index in [1.54, 1.807) is 20.0 Å². The molecule has 152 valence electrons. The Balaban J connectivity index is 1.83. The molecular formula is C16H17B3F3N7O. The quantitative estimate of drug-likeness (QED) is 0.690. The third kappa shape index (κ3) is 4.41. The number of anilines is 3. The molecule has 2 aromatic rings. The number of rotatable bonds is 6. The van der Waals surface area contributed by atoms with Crippen molar-refractivity contribution in [2.24, 2.45) is 0 Å². The summed E-state index contributed by atoms with van der Waals surface area (Å²) in [5.41, 5.74) is -0.0370. The van der Waals surface area contributed by atoms with Crippen molar-refractivity contribution in [1.82, 2.24) is 24.6 Å². The second-order valence-corrected chi connectivity index (χ2v) is 6.90. The second-order valence-electron chi connectivity index (χ2n) is 6.90. The molecule has 1 fully saturated rings. The molecule has 3 heterocycles. The van der Waals surface area contributed by atoms with E-state index in [0.29, 0.717) is 24.0 Å². The van der Waals surface area contributed by atoms with Gasteiger partial charge < -0.3 is 15.5 Å². The van der Waals surface area contributed by atoms with Crippen LogP contribution in [0.4, 0.5) is 30.6 Å². The SMILES string of the molecule is [B]C([B])([B])N1CCC(n2cc(Nc3ncc(C(F)(F)F)c(NCC)n3)c(C)n2)C1=O. The first-order valence-electron chi connectivity index (χ1n) is 9.10. The van der Waals surface area contributed by atoms with Crippen molar-refractivity contribution < 1.29 is 18.0 Å². The largest absolute Gasteiger partial charge is 0.421 e. The van der Waals surface area contributed by atoms with Crippen LogP contribution in [0.5, 0.6) is 0 Å². The molecule has 2 N–H and O–H groups in total. The molecule has 0 aromatic carbocycles. The van der Waals surface area contributed by atoms with Crippen molar-refractivity contribution in [3.8, 4) is 0 Å². The van der Waals surface area contributed by atoms with Gasteiger partial charge >= 0.3 is 6.18 Å². The number of likely N-dealkylation sites (tertiary alicyclic amines) is 1. The highest BCUT2D eigenvalue weighted by Gasteiger charge is 2.38. The monoisotopic (exact) mass is 413 g/mol. The van der Waals surface area contributed by atoms with E-state index in [1.807, 2.05) is 0 Å². The molecule has 14 heteroatoms. The molecule has 0 saturated carbocycles. The summed E-state index contributed by atoms with van der Waals surface area (Å²) in [6, 6.07) is -0.653. The van der Waals surface area contributed by atoms with Gasteiger partial charge in [-0.05, 0) is 20.3 Å². The topological polar surface area (TPSA) is 88.0 Å². The minimum Gasteiger partial charge on any atom is -0.370 e. The average molecular weight is 413 g/mol. The summed E-state index contributed by atoms with van der Waals surface area (Å²) in [6.45, 7) is 3.85.